The van der Waals surface area contributed by atoms with E-state index in [9.17, 15) is 4.39 Å². The van der Waals surface area contributed by atoms with Crippen molar-refractivity contribution in [2.45, 2.75) is 31.9 Å². The standard InChI is InChI=1S/C14H19BrFNO/c1-9-5-6-18-14(9)13(17-2)7-10-3-4-11(15)8-12(10)16/h3-4,8-9,13-14,17H,5-7H2,1-2H3. The van der Waals surface area contributed by atoms with Crippen molar-refractivity contribution < 1.29 is 9.13 Å². The molecule has 0 spiro atoms. The molecule has 1 aliphatic rings. The minimum Gasteiger partial charge on any atom is -0.376 e. The molecule has 0 bridgehead atoms. The molecule has 0 aliphatic carbocycles. The van der Waals surface area contributed by atoms with Crippen molar-refractivity contribution in [3.05, 3.63) is 34.1 Å². The Morgan fingerprint density at radius 3 is 2.89 bits per heavy atom. The summed E-state index contributed by atoms with van der Waals surface area (Å²) in [4.78, 5) is 0. The first-order valence-corrected chi connectivity index (χ1v) is 7.14. The van der Waals surface area contributed by atoms with Crippen molar-refractivity contribution in [1.82, 2.24) is 5.32 Å². The quantitative estimate of drug-likeness (QED) is 0.921. The molecular weight excluding hydrogens is 297 g/mol. The molecular formula is C14H19BrFNO. The van der Waals surface area contributed by atoms with Crippen LogP contribution in [0, 0.1) is 11.7 Å². The van der Waals surface area contributed by atoms with Crippen molar-refractivity contribution in [3.63, 3.8) is 0 Å². The van der Waals surface area contributed by atoms with Crippen LogP contribution in [0.3, 0.4) is 0 Å². The lowest BCUT2D eigenvalue weighted by atomic mass is 9.93. The minimum atomic E-state index is -0.157. The lowest BCUT2D eigenvalue weighted by Gasteiger charge is -2.26. The Balaban J connectivity index is 2.10. The molecule has 1 fully saturated rings. The van der Waals surface area contributed by atoms with E-state index in [2.05, 4.69) is 28.2 Å². The molecule has 4 heteroatoms. The topological polar surface area (TPSA) is 21.3 Å². The van der Waals surface area contributed by atoms with Crippen LogP contribution in [0.15, 0.2) is 22.7 Å². The van der Waals surface area contributed by atoms with Gasteiger partial charge in [-0.1, -0.05) is 28.9 Å². The number of halogens is 2. The molecule has 0 radical (unpaired) electrons. The third-order valence-electron chi connectivity index (χ3n) is 3.67. The van der Waals surface area contributed by atoms with Crippen molar-refractivity contribution in [2.75, 3.05) is 13.7 Å². The second kappa shape index (κ2) is 6.13. The maximum Gasteiger partial charge on any atom is 0.127 e. The summed E-state index contributed by atoms with van der Waals surface area (Å²) in [5.41, 5.74) is 0.736. The van der Waals surface area contributed by atoms with Crippen molar-refractivity contribution >= 4 is 15.9 Å². The number of ether oxygens (including phenoxy) is 1. The summed E-state index contributed by atoms with van der Waals surface area (Å²) in [5, 5.41) is 3.26. The van der Waals surface area contributed by atoms with Gasteiger partial charge in [-0.25, -0.2) is 4.39 Å². The molecule has 1 saturated heterocycles. The van der Waals surface area contributed by atoms with Gasteiger partial charge in [-0.3, -0.25) is 0 Å². The first-order valence-electron chi connectivity index (χ1n) is 6.34. The van der Waals surface area contributed by atoms with Crippen LogP contribution >= 0.6 is 15.9 Å². The molecule has 100 valence electrons. The van der Waals surface area contributed by atoms with E-state index in [0.29, 0.717) is 12.3 Å². The zero-order valence-corrected chi connectivity index (χ0v) is 12.3. The predicted molar refractivity (Wildman–Crippen MR) is 74.2 cm³/mol. The van der Waals surface area contributed by atoms with Crippen LogP contribution < -0.4 is 5.32 Å². The van der Waals surface area contributed by atoms with E-state index in [0.717, 1.165) is 23.1 Å². The third-order valence-corrected chi connectivity index (χ3v) is 4.16. The highest BCUT2D eigenvalue weighted by atomic mass is 79.9. The van der Waals surface area contributed by atoms with Gasteiger partial charge in [0.2, 0.25) is 0 Å². The van der Waals surface area contributed by atoms with Crippen LogP contribution in [0.2, 0.25) is 0 Å². The smallest absolute Gasteiger partial charge is 0.127 e. The summed E-state index contributed by atoms with van der Waals surface area (Å²) >= 11 is 3.28. The molecule has 2 nitrogen and oxygen atoms in total. The number of hydrogen-bond donors (Lipinski definition) is 1. The first kappa shape index (κ1) is 14.0. The van der Waals surface area contributed by atoms with Crippen molar-refractivity contribution in [3.8, 4) is 0 Å². The monoisotopic (exact) mass is 315 g/mol. The van der Waals surface area contributed by atoms with E-state index in [4.69, 9.17) is 4.74 Å². The number of rotatable bonds is 4. The van der Waals surface area contributed by atoms with Crippen LogP contribution in [0.1, 0.15) is 18.9 Å². The second-order valence-corrected chi connectivity index (χ2v) is 5.85. The Bertz CT molecular complexity index is 413. The zero-order valence-electron chi connectivity index (χ0n) is 10.7. The second-order valence-electron chi connectivity index (χ2n) is 4.94. The fraction of sp³-hybridized carbons (Fsp3) is 0.571. The van der Waals surface area contributed by atoms with Crippen molar-refractivity contribution in [1.29, 1.82) is 0 Å². The van der Waals surface area contributed by atoms with Gasteiger partial charge >= 0.3 is 0 Å². The Kier molecular flexibility index (Phi) is 4.76. The van der Waals surface area contributed by atoms with E-state index < -0.39 is 0 Å². The lowest BCUT2D eigenvalue weighted by Crippen LogP contribution is -2.42. The van der Waals surface area contributed by atoms with Crippen LogP contribution in [0.25, 0.3) is 0 Å². The van der Waals surface area contributed by atoms with E-state index in [-0.39, 0.29) is 18.0 Å². The van der Waals surface area contributed by atoms with Gasteiger partial charge in [-0.2, -0.15) is 0 Å². The van der Waals surface area contributed by atoms with Gasteiger partial charge in [-0.15, -0.1) is 0 Å². The van der Waals surface area contributed by atoms with E-state index in [1.54, 1.807) is 0 Å². The van der Waals surface area contributed by atoms with Crippen LogP contribution in [-0.2, 0) is 11.2 Å². The van der Waals surface area contributed by atoms with Gasteiger partial charge < -0.3 is 10.1 Å². The maximum absolute atomic E-state index is 13.8. The van der Waals surface area contributed by atoms with Gasteiger partial charge in [0.1, 0.15) is 5.82 Å². The molecule has 2 rings (SSSR count). The van der Waals surface area contributed by atoms with Crippen LogP contribution in [-0.4, -0.2) is 25.8 Å². The number of benzene rings is 1. The van der Waals surface area contributed by atoms with Gasteiger partial charge in [0.25, 0.3) is 0 Å². The lowest BCUT2D eigenvalue weighted by molar-refractivity contribution is 0.0631. The van der Waals surface area contributed by atoms with Gasteiger partial charge in [0.15, 0.2) is 0 Å². The highest BCUT2D eigenvalue weighted by Crippen LogP contribution is 2.25. The van der Waals surface area contributed by atoms with E-state index in [1.807, 2.05) is 19.2 Å². The normalized spacial score (nSPS) is 25.3. The summed E-state index contributed by atoms with van der Waals surface area (Å²) in [6, 6.07) is 5.40. The molecule has 1 aromatic rings. The fourth-order valence-corrected chi connectivity index (χ4v) is 2.87. The Morgan fingerprint density at radius 1 is 1.56 bits per heavy atom. The van der Waals surface area contributed by atoms with Gasteiger partial charge in [0.05, 0.1) is 6.10 Å². The summed E-state index contributed by atoms with van der Waals surface area (Å²) < 4.78 is 20.4. The molecule has 0 aromatic heterocycles. The average molecular weight is 316 g/mol. The first-order chi connectivity index (χ1) is 8.61. The van der Waals surface area contributed by atoms with E-state index in [1.165, 1.54) is 6.07 Å². The van der Waals surface area contributed by atoms with E-state index >= 15 is 0 Å². The number of likely N-dealkylation sites (N-methyl/N-ethyl adjacent to an activating group) is 1. The largest absolute Gasteiger partial charge is 0.376 e. The highest BCUT2D eigenvalue weighted by molar-refractivity contribution is 9.10. The number of hydrogen-bond acceptors (Lipinski definition) is 2. The highest BCUT2D eigenvalue weighted by Gasteiger charge is 2.31. The number of nitrogens with one attached hydrogen (secondary N) is 1. The summed E-state index contributed by atoms with van der Waals surface area (Å²) in [5.74, 6) is 0.372. The van der Waals surface area contributed by atoms with Crippen LogP contribution in [0.4, 0.5) is 4.39 Å². The summed E-state index contributed by atoms with van der Waals surface area (Å²) in [6.07, 6.45) is 1.93. The molecule has 1 aliphatic heterocycles. The molecule has 0 saturated carbocycles. The fourth-order valence-electron chi connectivity index (χ4n) is 2.54. The summed E-state index contributed by atoms with van der Waals surface area (Å²) in [7, 11) is 1.91. The molecule has 3 atom stereocenters. The Hall–Kier alpha value is -0.450. The third kappa shape index (κ3) is 3.11. The van der Waals surface area contributed by atoms with Gasteiger partial charge in [0, 0.05) is 17.1 Å². The Morgan fingerprint density at radius 2 is 2.33 bits per heavy atom. The predicted octanol–water partition coefficient (Wildman–Crippen LogP) is 3.14. The molecule has 1 aromatic carbocycles. The SMILES string of the molecule is CNC(Cc1ccc(Br)cc1F)C1OCCC1C. The molecule has 3 unspecified atom stereocenters. The summed E-state index contributed by atoms with van der Waals surface area (Å²) in [6.45, 7) is 3.01. The van der Waals surface area contributed by atoms with Crippen LogP contribution in [0.5, 0.6) is 0 Å². The molecule has 1 N–H and O–H groups in total. The van der Waals surface area contributed by atoms with Crippen molar-refractivity contribution in [2.24, 2.45) is 5.92 Å². The average Bonchev–Trinajstić information content (AvgIpc) is 2.75. The maximum atomic E-state index is 13.8. The van der Waals surface area contributed by atoms with Gasteiger partial charge in [-0.05, 0) is 43.5 Å². The molecule has 1 heterocycles. The zero-order chi connectivity index (χ0) is 13.1. The minimum absolute atomic E-state index is 0.157. The molecule has 18 heavy (non-hydrogen) atoms. The Labute approximate surface area is 116 Å². The molecule has 0 amide bonds.